The summed E-state index contributed by atoms with van der Waals surface area (Å²) in [5.74, 6) is -2.46. The second kappa shape index (κ2) is 2.53. The van der Waals surface area contributed by atoms with Gasteiger partial charge in [0, 0.05) is 13.2 Å². The number of carboxylic acid groups (broad SMARTS) is 1. The van der Waals surface area contributed by atoms with Gasteiger partial charge in [-0.2, -0.15) is 0 Å². The van der Waals surface area contributed by atoms with Gasteiger partial charge in [-0.3, -0.25) is 4.79 Å². The zero-order valence-electron chi connectivity index (χ0n) is 5.81. The van der Waals surface area contributed by atoms with Crippen molar-refractivity contribution in [2.75, 3.05) is 0 Å². The smallest absolute Gasteiger partial charge is 0.378 e. The number of hydrogen-bond acceptors (Lipinski definition) is 3. The fourth-order valence-electron chi connectivity index (χ4n) is 0.640. The van der Waals surface area contributed by atoms with E-state index in [1.54, 1.807) is 7.05 Å². The van der Waals surface area contributed by atoms with E-state index in [0.717, 1.165) is 0 Å². The first-order valence-corrected chi connectivity index (χ1v) is 2.87. The van der Waals surface area contributed by atoms with Gasteiger partial charge in [-0.05, 0) is 0 Å². The van der Waals surface area contributed by atoms with Crippen LogP contribution in [-0.2, 0) is 11.8 Å². The molecule has 1 N–H and O–H groups in total. The lowest BCUT2D eigenvalue weighted by molar-refractivity contribution is -0.131. The summed E-state index contributed by atoms with van der Waals surface area (Å²) < 4.78 is 1.51. The first kappa shape index (κ1) is 7.46. The molecular weight excluding hydrogens is 148 g/mol. The minimum absolute atomic E-state index is 0.0417. The highest BCUT2D eigenvalue weighted by molar-refractivity contribution is 6.39. The largest absolute Gasteiger partial charge is 0.475 e. The van der Waals surface area contributed by atoms with Crippen LogP contribution in [0.5, 0.6) is 0 Å². The molecule has 0 saturated heterocycles. The number of imidazole rings is 1. The van der Waals surface area contributed by atoms with Crippen molar-refractivity contribution in [1.82, 2.24) is 9.55 Å². The summed E-state index contributed by atoms with van der Waals surface area (Å²) >= 11 is 0. The molecule has 0 aliphatic rings. The molecule has 0 bridgehead atoms. The number of rotatable bonds is 2. The molecule has 1 heterocycles. The molecule has 0 aliphatic carbocycles. The van der Waals surface area contributed by atoms with Gasteiger partial charge in [0.15, 0.2) is 0 Å². The molecule has 11 heavy (non-hydrogen) atoms. The fourth-order valence-corrected chi connectivity index (χ4v) is 0.640. The van der Waals surface area contributed by atoms with Gasteiger partial charge in [-0.1, -0.05) is 0 Å². The number of aromatic nitrogens is 2. The first-order chi connectivity index (χ1) is 5.11. The molecule has 58 valence electrons. The van der Waals surface area contributed by atoms with Crippen LogP contribution in [0, 0.1) is 0 Å². The number of carboxylic acids is 1. The Bertz CT molecular complexity index is 303. The fraction of sp³-hybridized carbons (Fsp3) is 0.167. The van der Waals surface area contributed by atoms with Crippen molar-refractivity contribution >= 4 is 11.8 Å². The van der Waals surface area contributed by atoms with Crippen LogP contribution in [0.4, 0.5) is 0 Å². The summed E-state index contributed by atoms with van der Waals surface area (Å²) in [6, 6.07) is 0. The van der Waals surface area contributed by atoms with Crippen LogP contribution in [-0.4, -0.2) is 26.4 Å². The third-order valence-corrected chi connectivity index (χ3v) is 1.13. The second-order valence-electron chi connectivity index (χ2n) is 2.06. The number of nitrogens with zero attached hydrogens (tertiary/aromatic N) is 2. The molecule has 0 amide bonds. The van der Waals surface area contributed by atoms with Gasteiger partial charge in [0.05, 0.1) is 6.33 Å². The van der Waals surface area contributed by atoms with Crippen molar-refractivity contribution in [3.63, 3.8) is 0 Å². The summed E-state index contributed by atoms with van der Waals surface area (Å²) in [4.78, 5) is 24.4. The highest BCUT2D eigenvalue weighted by Gasteiger charge is 2.16. The Labute approximate surface area is 62.3 Å². The van der Waals surface area contributed by atoms with E-state index < -0.39 is 11.8 Å². The van der Waals surface area contributed by atoms with Gasteiger partial charge >= 0.3 is 5.97 Å². The average Bonchev–Trinajstić information content (AvgIpc) is 2.34. The molecule has 0 aliphatic heterocycles. The van der Waals surface area contributed by atoms with E-state index in [0.29, 0.717) is 0 Å². The maximum atomic E-state index is 10.7. The Morgan fingerprint density at radius 1 is 1.64 bits per heavy atom. The van der Waals surface area contributed by atoms with Crippen molar-refractivity contribution in [2.45, 2.75) is 0 Å². The van der Waals surface area contributed by atoms with Crippen LogP contribution in [0.1, 0.15) is 10.5 Å². The standard InChI is InChI=1S/C6H6N2O3/c1-8-2-4(7-3-8)5(9)6(10)11/h2-3H,1H3,(H,10,11). The molecule has 0 atom stereocenters. The summed E-state index contributed by atoms with van der Waals surface area (Å²) in [7, 11) is 1.66. The lowest BCUT2D eigenvalue weighted by atomic mass is 10.3. The van der Waals surface area contributed by atoms with Crippen molar-refractivity contribution in [3.05, 3.63) is 18.2 Å². The normalized spacial score (nSPS) is 9.55. The van der Waals surface area contributed by atoms with E-state index in [4.69, 9.17) is 5.11 Å². The molecule has 0 spiro atoms. The highest BCUT2D eigenvalue weighted by Crippen LogP contribution is 1.94. The van der Waals surface area contributed by atoms with Crippen LogP contribution in [0.25, 0.3) is 0 Å². The Balaban J connectivity index is 2.94. The van der Waals surface area contributed by atoms with Crippen LogP contribution >= 0.6 is 0 Å². The van der Waals surface area contributed by atoms with Crippen molar-refractivity contribution in [1.29, 1.82) is 0 Å². The Morgan fingerprint density at radius 3 is 2.64 bits per heavy atom. The molecule has 0 radical (unpaired) electrons. The molecule has 0 fully saturated rings. The Morgan fingerprint density at radius 2 is 2.27 bits per heavy atom. The van der Waals surface area contributed by atoms with E-state index >= 15 is 0 Å². The van der Waals surface area contributed by atoms with Crippen LogP contribution in [0.2, 0.25) is 0 Å². The Kier molecular flexibility index (Phi) is 1.72. The number of aryl methyl sites for hydroxylation is 1. The van der Waals surface area contributed by atoms with E-state index in [-0.39, 0.29) is 5.69 Å². The molecule has 1 rings (SSSR count). The average molecular weight is 154 g/mol. The van der Waals surface area contributed by atoms with Crippen LogP contribution in [0.3, 0.4) is 0 Å². The summed E-state index contributed by atoms with van der Waals surface area (Å²) in [5.41, 5.74) is -0.0417. The SMILES string of the molecule is Cn1cnc(C(=O)C(=O)O)c1. The molecule has 0 aromatic carbocycles. The maximum Gasteiger partial charge on any atom is 0.378 e. The lowest BCUT2D eigenvalue weighted by Gasteiger charge is -1.85. The van der Waals surface area contributed by atoms with Gasteiger partial charge in [-0.25, -0.2) is 9.78 Å². The summed E-state index contributed by atoms with van der Waals surface area (Å²) in [6.07, 6.45) is 2.73. The van der Waals surface area contributed by atoms with Crippen LogP contribution < -0.4 is 0 Å². The van der Waals surface area contributed by atoms with E-state index in [1.807, 2.05) is 0 Å². The summed E-state index contributed by atoms with van der Waals surface area (Å²) in [6.45, 7) is 0. The predicted molar refractivity (Wildman–Crippen MR) is 35.2 cm³/mol. The number of ketones is 1. The summed E-state index contributed by atoms with van der Waals surface area (Å²) in [5, 5.41) is 8.25. The highest BCUT2D eigenvalue weighted by atomic mass is 16.4. The minimum Gasteiger partial charge on any atom is -0.475 e. The van der Waals surface area contributed by atoms with Gasteiger partial charge in [-0.15, -0.1) is 0 Å². The quantitative estimate of drug-likeness (QED) is 0.468. The predicted octanol–water partition coefficient (Wildman–Crippen LogP) is -0.313. The lowest BCUT2D eigenvalue weighted by Crippen LogP contribution is -2.12. The molecule has 5 heteroatoms. The molecule has 0 unspecified atom stereocenters. The first-order valence-electron chi connectivity index (χ1n) is 2.87. The van der Waals surface area contributed by atoms with Gasteiger partial charge < -0.3 is 9.67 Å². The van der Waals surface area contributed by atoms with Gasteiger partial charge in [0.25, 0.3) is 5.78 Å². The number of Topliss-reactive ketones (excluding diaryl/α,β-unsaturated/α-hetero) is 1. The zero-order chi connectivity index (χ0) is 8.43. The van der Waals surface area contributed by atoms with Gasteiger partial charge in [0.2, 0.25) is 0 Å². The molecule has 1 aromatic rings. The molecular formula is C6H6N2O3. The topological polar surface area (TPSA) is 72.2 Å². The van der Waals surface area contributed by atoms with E-state index in [1.165, 1.54) is 17.1 Å². The number of aliphatic carboxylic acids is 1. The third-order valence-electron chi connectivity index (χ3n) is 1.13. The zero-order valence-corrected chi connectivity index (χ0v) is 5.81. The van der Waals surface area contributed by atoms with Crippen molar-refractivity contribution in [3.8, 4) is 0 Å². The monoisotopic (exact) mass is 154 g/mol. The number of hydrogen-bond donors (Lipinski definition) is 1. The van der Waals surface area contributed by atoms with Crippen molar-refractivity contribution < 1.29 is 14.7 Å². The maximum absolute atomic E-state index is 10.7. The number of carbonyl (C=O) groups excluding carboxylic acids is 1. The van der Waals surface area contributed by atoms with Crippen molar-refractivity contribution in [2.24, 2.45) is 7.05 Å². The van der Waals surface area contributed by atoms with Gasteiger partial charge in [0.1, 0.15) is 5.69 Å². The van der Waals surface area contributed by atoms with E-state index in [2.05, 4.69) is 4.98 Å². The molecule has 0 saturated carbocycles. The van der Waals surface area contributed by atoms with E-state index in [9.17, 15) is 9.59 Å². The third kappa shape index (κ3) is 1.43. The Hall–Kier alpha value is -1.65. The van der Waals surface area contributed by atoms with Crippen LogP contribution in [0.15, 0.2) is 12.5 Å². The number of carbonyl (C=O) groups is 2. The minimum atomic E-state index is -1.48. The molecule has 1 aromatic heterocycles. The molecule has 5 nitrogen and oxygen atoms in total. The second-order valence-corrected chi connectivity index (χ2v) is 2.06.